The van der Waals surface area contributed by atoms with E-state index in [1.54, 1.807) is 23.9 Å². The molecule has 0 saturated carbocycles. The highest BCUT2D eigenvalue weighted by molar-refractivity contribution is 8.00. The number of phenolic OH excluding ortho intramolecular Hbond substituents is 1. The van der Waals surface area contributed by atoms with Crippen LogP contribution >= 0.6 is 34.7 Å². The fraction of sp³-hybridized carbons (Fsp3) is 0.267. The second-order valence-corrected chi connectivity index (χ2v) is 7.62. The Morgan fingerprint density at radius 1 is 1.24 bits per heavy atom. The number of halogens is 1. The molecule has 3 rings (SSSR count). The minimum absolute atomic E-state index is 0.0760. The summed E-state index contributed by atoms with van der Waals surface area (Å²) in [4.78, 5) is 15.1. The van der Waals surface area contributed by atoms with E-state index in [0.717, 1.165) is 21.2 Å². The Balaban J connectivity index is 1.70. The van der Waals surface area contributed by atoms with E-state index in [9.17, 15) is 9.90 Å². The SMILES string of the molecule is O=C1CSC(c2ccc(Cl)s2)N1CCc1ccc(O)cc1. The summed E-state index contributed by atoms with van der Waals surface area (Å²) in [6.45, 7) is 0.677. The fourth-order valence-corrected chi connectivity index (χ4v) is 4.82. The van der Waals surface area contributed by atoms with Gasteiger partial charge in [0.15, 0.2) is 0 Å². The highest BCUT2D eigenvalue weighted by Crippen LogP contribution is 2.42. The largest absolute Gasteiger partial charge is 0.508 e. The first-order valence-electron chi connectivity index (χ1n) is 6.58. The van der Waals surface area contributed by atoms with E-state index in [0.29, 0.717) is 12.3 Å². The molecule has 1 aromatic carbocycles. The van der Waals surface area contributed by atoms with Crippen molar-refractivity contribution < 1.29 is 9.90 Å². The Bertz CT molecular complexity index is 641. The zero-order valence-electron chi connectivity index (χ0n) is 11.2. The van der Waals surface area contributed by atoms with Gasteiger partial charge in [0.2, 0.25) is 5.91 Å². The van der Waals surface area contributed by atoms with E-state index in [1.807, 2.05) is 29.2 Å². The molecule has 6 heteroatoms. The number of thioether (sulfide) groups is 1. The van der Waals surface area contributed by atoms with E-state index >= 15 is 0 Å². The van der Waals surface area contributed by atoms with Gasteiger partial charge in [-0.2, -0.15) is 0 Å². The van der Waals surface area contributed by atoms with Crippen LogP contribution in [0.25, 0.3) is 0 Å². The fourth-order valence-electron chi connectivity index (χ4n) is 2.30. The number of phenols is 1. The Labute approximate surface area is 136 Å². The maximum Gasteiger partial charge on any atom is 0.233 e. The molecule has 3 nitrogen and oxygen atoms in total. The first-order valence-corrected chi connectivity index (χ1v) is 8.82. The molecule has 1 atom stereocenters. The quantitative estimate of drug-likeness (QED) is 0.917. The molecule has 1 aliphatic rings. The van der Waals surface area contributed by atoms with Crippen LogP contribution in [0.3, 0.4) is 0 Å². The van der Waals surface area contributed by atoms with Gasteiger partial charge in [0.1, 0.15) is 11.1 Å². The number of benzene rings is 1. The van der Waals surface area contributed by atoms with E-state index in [2.05, 4.69) is 0 Å². The number of nitrogens with zero attached hydrogens (tertiary/aromatic N) is 1. The number of amides is 1. The molecule has 0 bridgehead atoms. The summed E-state index contributed by atoms with van der Waals surface area (Å²) in [5, 5.41) is 9.37. The maximum absolute atomic E-state index is 12.1. The molecule has 1 aliphatic heterocycles. The van der Waals surface area contributed by atoms with Gasteiger partial charge in [0.25, 0.3) is 0 Å². The number of carbonyl (C=O) groups excluding carboxylic acids is 1. The average Bonchev–Trinajstić information content (AvgIpc) is 3.05. The zero-order valence-corrected chi connectivity index (χ0v) is 13.5. The summed E-state index contributed by atoms with van der Waals surface area (Å²) in [5.41, 5.74) is 1.11. The summed E-state index contributed by atoms with van der Waals surface area (Å²) >= 11 is 9.18. The molecule has 110 valence electrons. The van der Waals surface area contributed by atoms with Crippen molar-refractivity contribution in [1.82, 2.24) is 4.90 Å². The van der Waals surface area contributed by atoms with Crippen LogP contribution in [0.2, 0.25) is 4.34 Å². The third-order valence-corrected chi connectivity index (χ3v) is 6.05. The molecule has 1 fully saturated rings. The van der Waals surface area contributed by atoms with Crippen LogP contribution in [0.4, 0.5) is 0 Å². The van der Waals surface area contributed by atoms with Crippen LogP contribution in [0.5, 0.6) is 5.75 Å². The van der Waals surface area contributed by atoms with Crippen LogP contribution in [0, 0.1) is 0 Å². The Morgan fingerprint density at radius 3 is 2.67 bits per heavy atom. The first-order chi connectivity index (χ1) is 10.1. The third-order valence-electron chi connectivity index (χ3n) is 3.38. The van der Waals surface area contributed by atoms with Gasteiger partial charge in [0, 0.05) is 11.4 Å². The van der Waals surface area contributed by atoms with Crippen molar-refractivity contribution in [3.8, 4) is 5.75 Å². The Morgan fingerprint density at radius 2 is 2.00 bits per heavy atom. The number of rotatable bonds is 4. The van der Waals surface area contributed by atoms with E-state index in [-0.39, 0.29) is 17.0 Å². The topological polar surface area (TPSA) is 40.5 Å². The maximum atomic E-state index is 12.1. The van der Waals surface area contributed by atoms with Gasteiger partial charge in [-0.25, -0.2) is 0 Å². The summed E-state index contributed by atoms with van der Waals surface area (Å²) < 4.78 is 0.753. The van der Waals surface area contributed by atoms with Crippen LogP contribution in [-0.2, 0) is 11.2 Å². The van der Waals surface area contributed by atoms with Crippen LogP contribution in [0.15, 0.2) is 36.4 Å². The molecule has 1 N–H and O–H groups in total. The summed E-state index contributed by atoms with van der Waals surface area (Å²) in [7, 11) is 0. The van der Waals surface area contributed by atoms with Gasteiger partial charge in [-0.15, -0.1) is 23.1 Å². The number of aromatic hydroxyl groups is 1. The molecule has 2 heterocycles. The molecule has 21 heavy (non-hydrogen) atoms. The second-order valence-electron chi connectivity index (χ2n) is 4.81. The van der Waals surface area contributed by atoms with E-state index in [4.69, 9.17) is 11.6 Å². The molecule has 1 unspecified atom stereocenters. The lowest BCUT2D eigenvalue weighted by Crippen LogP contribution is -2.29. The molecule has 1 amide bonds. The molecule has 0 spiro atoms. The number of hydrogen-bond acceptors (Lipinski definition) is 4. The highest BCUT2D eigenvalue weighted by atomic mass is 35.5. The lowest BCUT2D eigenvalue weighted by Gasteiger charge is -2.23. The van der Waals surface area contributed by atoms with Gasteiger partial charge in [-0.05, 0) is 36.2 Å². The standard InChI is InChI=1S/C15H14ClNO2S2/c16-13-6-5-12(21-13)15-17(14(19)9-20-15)8-7-10-1-3-11(18)4-2-10/h1-6,15,18H,7-9H2. The lowest BCUT2D eigenvalue weighted by atomic mass is 10.1. The van der Waals surface area contributed by atoms with Gasteiger partial charge in [-0.3, -0.25) is 4.79 Å². The molecule has 1 aromatic heterocycles. The number of thiophene rings is 1. The van der Waals surface area contributed by atoms with Crippen molar-refractivity contribution in [2.24, 2.45) is 0 Å². The van der Waals surface area contributed by atoms with Gasteiger partial charge in [-0.1, -0.05) is 23.7 Å². The van der Waals surface area contributed by atoms with Gasteiger partial charge in [0.05, 0.1) is 10.1 Å². The number of hydrogen-bond donors (Lipinski definition) is 1. The average molecular weight is 340 g/mol. The lowest BCUT2D eigenvalue weighted by molar-refractivity contribution is -0.127. The van der Waals surface area contributed by atoms with Crippen molar-refractivity contribution in [3.63, 3.8) is 0 Å². The highest BCUT2D eigenvalue weighted by Gasteiger charge is 2.33. The van der Waals surface area contributed by atoms with Crippen LogP contribution in [0.1, 0.15) is 15.8 Å². The Kier molecular flexibility index (Phi) is 4.42. The van der Waals surface area contributed by atoms with E-state index in [1.165, 1.54) is 11.3 Å². The predicted octanol–water partition coefficient (Wildman–Crippen LogP) is 3.92. The molecule has 2 aromatic rings. The molecular formula is C15H14ClNO2S2. The van der Waals surface area contributed by atoms with Crippen molar-refractivity contribution in [1.29, 1.82) is 0 Å². The minimum atomic E-state index is 0.0760. The molecule has 1 saturated heterocycles. The van der Waals surface area contributed by atoms with Crippen molar-refractivity contribution in [2.75, 3.05) is 12.3 Å². The predicted molar refractivity (Wildman–Crippen MR) is 88.1 cm³/mol. The second kappa shape index (κ2) is 6.30. The van der Waals surface area contributed by atoms with Crippen molar-refractivity contribution in [3.05, 3.63) is 51.2 Å². The van der Waals surface area contributed by atoms with Crippen molar-refractivity contribution >= 4 is 40.6 Å². The smallest absolute Gasteiger partial charge is 0.233 e. The summed E-state index contributed by atoms with van der Waals surface area (Å²) in [6, 6.07) is 11.0. The third kappa shape index (κ3) is 3.36. The molecule has 0 aliphatic carbocycles. The first kappa shape index (κ1) is 14.8. The van der Waals surface area contributed by atoms with Gasteiger partial charge < -0.3 is 10.0 Å². The normalized spacial score (nSPS) is 18.4. The van der Waals surface area contributed by atoms with Crippen molar-refractivity contribution in [2.45, 2.75) is 11.8 Å². The zero-order chi connectivity index (χ0) is 14.8. The minimum Gasteiger partial charge on any atom is -0.508 e. The van der Waals surface area contributed by atoms with Crippen LogP contribution < -0.4 is 0 Å². The van der Waals surface area contributed by atoms with Crippen LogP contribution in [-0.4, -0.2) is 28.2 Å². The summed E-state index contributed by atoms with van der Waals surface area (Å²) in [5.74, 6) is 0.960. The Hall–Kier alpha value is -1.17. The summed E-state index contributed by atoms with van der Waals surface area (Å²) in [6.07, 6.45) is 0.780. The van der Waals surface area contributed by atoms with E-state index < -0.39 is 0 Å². The molecular weight excluding hydrogens is 326 g/mol. The van der Waals surface area contributed by atoms with Gasteiger partial charge >= 0.3 is 0 Å². The number of carbonyl (C=O) groups is 1. The molecule has 0 radical (unpaired) electrons. The monoisotopic (exact) mass is 339 g/mol.